The average Bonchev–Trinajstić information content (AvgIpc) is 2.34. The van der Waals surface area contributed by atoms with Crippen molar-refractivity contribution in [2.45, 2.75) is 18.5 Å². The number of carbonyl (C=O) groups is 2. The number of amides is 1. The fourth-order valence-electron chi connectivity index (χ4n) is 1.45. The van der Waals surface area contributed by atoms with E-state index in [2.05, 4.69) is 10.5 Å². The number of hydrogen-bond acceptors (Lipinski definition) is 3. The summed E-state index contributed by atoms with van der Waals surface area (Å²) >= 11 is 0. The van der Waals surface area contributed by atoms with Crippen molar-refractivity contribution < 1.29 is 53.8 Å². The fourth-order valence-corrected chi connectivity index (χ4v) is 1.45. The van der Waals surface area contributed by atoms with Crippen LogP contribution in [-0.2, 0) is 17.1 Å². The Morgan fingerprint density at radius 3 is 1.71 bits per heavy atom. The second-order valence-electron chi connectivity index (χ2n) is 4.15. The molecule has 13 heteroatoms. The number of esters is 1. The number of ether oxygens (including phenoxy) is 1. The summed E-state index contributed by atoms with van der Waals surface area (Å²) < 4.78 is 116. The van der Waals surface area contributed by atoms with Gasteiger partial charge in [0, 0.05) is 0 Å². The van der Waals surface area contributed by atoms with E-state index in [1.165, 1.54) is 0 Å². The molecule has 24 heavy (non-hydrogen) atoms. The third-order valence-corrected chi connectivity index (χ3v) is 2.41. The van der Waals surface area contributed by atoms with E-state index in [9.17, 15) is 49.1 Å². The third kappa shape index (κ3) is 4.29. The molecular weight excluding hydrogens is 365 g/mol. The molecule has 0 aromatic heterocycles. The molecule has 0 heterocycles. The van der Waals surface area contributed by atoms with Gasteiger partial charge in [0.05, 0.1) is 16.7 Å². The van der Waals surface area contributed by atoms with Crippen LogP contribution in [0.3, 0.4) is 0 Å². The number of carbonyl (C=O) groups excluding carboxylic acids is 2. The van der Waals surface area contributed by atoms with Crippen molar-refractivity contribution in [1.82, 2.24) is 0 Å². The summed E-state index contributed by atoms with van der Waals surface area (Å²) in [7, 11) is 0. The van der Waals surface area contributed by atoms with Crippen LogP contribution in [0, 0.1) is 0 Å². The second kappa shape index (κ2) is 5.87. The minimum atomic E-state index is -5.76. The minimum Gasteiger partial charge on any atom is -0.418 e. The molecular formula is C11H4F9NO3. The van der Waals surface area contributed by atoms with Crippen LogP contribution in [0.2, 0.25) is 0 Å². The van der Waals surface area contributed by atoms with Crippen LogP contribution in [0.4, 0.5) is 39.5 Å². The van der Waals surface area contributed by atoms with Crippen molar-refractivity contribution in [2.24, 2.45) is 5.73 Å². The average molecular weight is 369 g/mol. The summed E-state index contributed by atoms with van der Waals surface area (Å²) in [4.78, 5) is 21.7. The highest BCUT2D eigenvalue weighted by atomic mass is 19.4. The molecule has 0 bridgehead atoms. The number of nitrogens with two attached hydrogens (primary N) is 1. The Bertz CT molecular complexity index is 673. The molecule has 0 radical (unpaired) electrons. The van der Waals surface area contributed by atoms with Gasteiger partial charge >= 0.3 is 24.5 Å². The van der Waals surface area contributed by atoms with Crippen LogP contribution in [0.1, 0.15) is 21.5 Å². The summed E-state index contributed by atoms with van der Waals surface area (Å²) in [6.07, 6.45) is -16.8. The van der Waals surface area contributed by atoms with Crippen molar-refractivity contribution in [1.29, 1.82) is 0 Å². The number of rotatable bonds is 2. The Balaban J connectivity index is 3.71. The predicted molar refractivity (Wildman–Crippen MR) is 56.7 cm³/mol. The molecule has 0 aliphatic carbocycles. The molecule has 134 valence electrons. The molecule has 0 atom stereocenters. The van der Waals surface area contributed by atoms with E-state index in [0.717, 1.165) is 0 Å². The predicted octanol–water partition coefficient (Wildman–Crippen LogP) is 3.29. The summed E-state index contributed by atoms with van der Waals surface area (Å²) in [5.41, 5.74) is -1.54. The quantitative estimate of drug-likeness (QED) is 0.494. The Hall–Kier alpha value is -2.47. The topological polar surface area (TPSA) is 69.4 Å². The first-order valence-corrected chi connectivity index (χ1v) is 5.46. The molecule has 1 aromatic rings. The summed E-state index contributed by atoms with van der Waals surface area (Å²) in [6, 6.07) is -0.859. The Morgan fingerprint density at radius 1 is 0.875 bits per heavy atom. The van der Waals surface area contributed by atoms with Gasteiger partial charge in [0.25, 0.3) is 5.91 Å². The van der Waals surface area contributed by atoms with Crippen LogP contribution in [0.15, 0.2) is 12.1 Å². The molecule has 0 spiro atoms. The lowest BCUT2D eigenvalue weighted by molar-refractivity contribution is -0.190. The van der Waals surface area contributed by atoms with Crippen LogP contribution < -0.4 is 10.5 Å². The Labute approximate surface area is 126 Å². The summed E-state index contributed by atoms with van der Waals surface area (Å²) in [5.74, 6) is -7.20. The van der Waals surface area contributed by atoms with E-state index in [-0.39, 0.29) is 6.07 Å². The van der Waals surface area contributed by atoms with Gasteiger partial charge in [-0.2, -0.15) is 39.5 Å². The molecule has 1 aromatic carbocycles. The SMILES string of the molecule is NC(=O)c1cc(C(F)(F)F)cc(C(F)(F)F)c1OC(=O)C(F)(F)F. The fraction of sp³-hybridized carbons (Fsp3) is 0.273. The molecule has 0 aliphatic rings. The molecule has 0 unspecified atom stereocenters. The molecule has 0 fully saturated rings. The Kier molecular flexibility index (Phi) is 4.79. The van der Waals surface area contributed by atoms with Crippen molar-refractivity contribution in [2.75, 3.05) is 0 Å². The first-order chi connectivity index (χ1) is 10.5. The van der Waals surface area contributed by atoms with E-state index in [1.807, 2.05) is 0 Å². The standard InChI is InChI=1S/C11H4F9NO3/c12-9(13,14)3-1-4(7(21)22)6(5(2-3)10(15,16)17)24-8(23)11(18,19)20/h1-2H,(H2,21,22). The number of primary amides is 1. The van der Waals surface area contributed by atoms with Gasteiger partial charge in [0.1, 0.15) is 0 Å². The molecule has 0 saturated carbocycles. The maximum Gasteiger partial charge on any atom is 0.491 e. The van der Waals surface area contributed by atoms with Gasteiger partial charge < -0.3 is 10.5 Å². The zero-order valence-electron chi connectivity index (χ0n) is 10.9. The van der Waals surface area contributed by atoms with Crippen molar-refractivity contribution in [3.8, 4) is 5.75 Å². The lowest BCUT2D eigenvalue weighted by Gasteiger charge is -2.18. The first-order valence-electron chi connectivity index (χ1n) is 5.46. The van der Waals surface area contributed by atoms with Gasteiger partial charge in [-0.3, -0.25) is 4.79 Å². The van der Waals surface area contributed by atoms with E-state index in [0.29, 0.717) is 0 Å². The largest absolute Gasteiger partial charge is 0.491 e. The molecule has 4 nitrogen and oxygen atoms in total. The highest BCUT2D eigenvalue weighted by Crippen LogP contribution is 2.43. The summed E-state index contributed by atoms with van der Waals surface area (Å²) in [5, 5.41) is 0. The van der Waals surface area contributed by atoms with Crippen molar-refractivity contribution in [3.63, 3.8) is 0 Å². The van der Waals surface area contributed by atoms with Gasteiger partial charge in [0.15, 0.2) is 5.75 Å². The molecule has 2 N–H and O–H groups in total. The number of alkyl halides is 9. The molecule has 0 aliphatic heterocycles. The van der Waals surface area contributed by atoms with Crippen LogP contribution in [0.5, 0.6) is 5.75 Å². The molecule has 1 rings (SSSR count). The normalized spacial score (nSPS) is 12.9. The zero-order valence-corrected chi connectivity index (χ0v) is 10.9. The number of benzene rings is 1. The number of hydrogen-bond donors (Lipinski definition) is 1. The van der Waals surface area contributed by atoms with E-state index in [4.69, 9.17) is 0 Å². The zero-order chi connectivity index (χ0) is 19.1. The smallest absolute Gasteiger partial charge is 0.418 e. The highest BCUT2D eigenvalue weighted by Gasteiger charge is 2.46. The summed E-state index contributed by atoms with van der Waals surface area (Å²) in [6.45, 7) is 0. The lowest BCUT2D eigenvalue weighted by atomic mass is 10.0. The molecule has 1 amide bonds. The lowest BCUT2D eigenvalue weighted by Crippen LogP contribution is -2.30. The van der Waals surface area contributed by atoms with Gasteiger partial charge in [-0.1, -0.05) is 0 Å². The van der Waals surface area contributed by atoms with E-state index in [1.54, 1.807) is 0 Å². The molecule has 0 saturated heterocycles. The van der Waals surface area contributed by atoms with Crippen LogP contribution >= 0.6 is 0 Å². The van der Waals surface area contributed by atoms with Crippen LogP contribution in [0.25, 0.3) is 0 Å². The van der Waals surface area contributed by atoms with E-state index < -0.39 is 58.9 Å². The number of halogens is 9. The monoisotopic (exact) mass is 369 g/mol. The van der Waals surface area contributed by atoms with Gasteiger partial charge in [-0.05, 0) is 12.1 Å². The van der Waals surface area contributed by atoms with Crippen molar-refractivity contribution in [3.05, 3.63) is 28.8 Å². The minimum absolute atomic E-state index is 0.253. The van der Waals surface area contributed by atoms with Gasteiger partial charge in [-0.25, -0.2) is 4.79 Å². The van der Waals surface area contributed by atoms with Gasteiger partial charge in [-0.15, -0.1) is 0 Å². The third-order valence-electron chi connectivity index (χ3n) is 2.41. The van der Waals surface area contributed by atoms with Gasteiger partial charge in [0.2, 0.25) is 0 Å². The van der Waals surface area contributed by atoms with Crippen LogP contribution in [-0.4, -0.2) is 18.1 Å². The van der Waals surface area contributed by atoms with E-state index >= 15 is 0 Å². The first kappa shape index (κ1) is 19.6. The maximum absolute atomic E-state index is 12.8. The second-order valence-corrected chi connectivity index (χ2v) is 4.15. The van der Waals surface area contributed by atoms with Crippen molar-refractivity contribution >= 4 is 11.9 Å². The maximum atomic E-state index is 12.8. The highest BCUT2D eigenvalue weighted by molar-refractivity contribution is 5.97. The Morgan fingerprint density at radius 2 is 1.38 bits per heavy atom.